The standard InChI is InChI=1S/C14H18BrN/c1-12(15)11-16-9-7-14(8-10-16)13-5-3-2-4-6-13/h2-6,11,14H,7-10H2,1H3. The number of halogens is 1. The van der Waals surface area contributed by atoms with E-state index in [1.165, 1.54) is 36.0 Å². The van der Waals surface area contributed by atoms with Crippen molar-refractivity contribution in [1.82, 2.24) is 4.90 Å². The van der Waals surface area contributed by atoms with Crippen LogP contribution in [0.4, 0.5) is 0 Å². The molecule has 1 aromatic carbocycles. The van der Waals surface area contributed by atoms with Crippen molar-refractivity contribution >= 4 is 15.9 Å². The Balaban J connectivity index is 1.93. The van der Waals surface area contributed by atoms with Crippen molar-refractivity contribution < 1.29 is 0 Å². The Morgan fingerprint density at radius 3 is 2.44 bits per heavy atom. The van der Waals surface area contributed by atoms with E-state index in [0.717, 1.165) is 5.92 Å². The fourth-order valence-corrected chi connectivity index (χ4v) is 2.63. The third-order valence-electron chi connectivity index (χ3n) is 3.16. The quantitative estimate of drug-likeness (QED) is 0.787. The van der Waals surface area contributed by atoms with Crippen LogP contribution >= 0.6 is 15.9 Å². The Hall–Kier alpha value is -0.760. The summed E-state index contributed by atoms with van der Waals surface area (Å²) in [5.41, 5.74) is 1.50. The number of nitrogens with zero attached hydrogens (tertiary/aromatic N) is 1. The highest BCUT2D eigenvalue weighted by molar-refractivity contribution is 9.11. The van der Waals surface area contributed by atoms with E-state index in [-0.39, 0.29) is 0 Å². The molecular weight excluding hydrogens is 262 g/mol. The number of hydrogen-bond donors (Lipinski definition) is 0. The number of likely N-dealkylation sites (tertiary alicyclic amines) is 1. The highest BCUT2D eigenvalue weighted by atomic mass is 79.9. The molecule has 1 aromatic rings. The fourth-order valence-electron chi connectivity index (χ4n) is 2.34. The Kier molecular flexibility index (Phi) is 4.05. The maximum atomic E-state index is 3.49. The summed E-state index contributed by atoms with van der Waals surface area (Å²) >= 11 is 3.49. The van der Waals surface area contributed by atoms with Gasteiger partial charge in [0.1, 0.15) is 0 Å². The first kappa shape index (κ1) is 11.7. The lowest BCUT2D eigenvalue weighted by molar-refractivity contribution is 0.284. The average Bonchev–Trinajstić information content (AvgIpc) is 2.30. The van der Waals surface area contributed by atoms with Crippen LogP contribution in [0.5, 0.6) is 0 Å². The van der Waals surface area contributed by atoms with E-state index in [1.54, 1.807) is 0 Å². The van der Waals surface area contributed by atoms with E-state index in [9.17, 15) is 0 Å². The smallest absolute Gasteiger partial charge is 0.0178 e. The first-order valence-electron chi connectivity index (χ1n) is 5.88. The molecule has 1 saturated heterocycles. The van der Waals surface area contributed by atoms with Gasteiger partial charge in [-0.3, -0.25) is 0 Å². The Morgan fingerprint density at radius 2 is 1.88 bits per heavy atom. The fraction of sp³-hybridized carbons (Fsp3) is 0.429. The molecule has 0 amide bonds. The molecule has 1 nitrogen and oxygen atoms in total. The lowest BCUT2D eigenvalue weighted by Gasteiger charge is -2.31. The van der Waals surface area contributed by atoms with E-state index >= 15 is 0 Å². The van der Waals surface area contributed by atoms with Crippen LogP contribution in [0.15, 0.2) is 41.0 Å². The van der Waals surface area contributed by atoms with Crippen molar-refractivity contribution in [2.75, 3.05) is 13.1 Å². The highest BCUT2D eigenvalue weighted by Gasteiger charge is 2.18. The van der Waals surface area contributed by atoms with Crippen molar-refractivity contribution in [3.63, 3.8) is 0 Å². The Morgan fingerprint density at radius 1 is 1.25 bits per heavy atom. The van der Waals surface area contributed by atoms with Gasteiger partial charge in [-0.25, -0.2) is 0 Å². The molecule has 0 N–H and O–H groups in total. The van der Waals surface area contributed by atoms with Gasteiger partial charge in [-0.2, -0.15) is 0 Å². The van der Waals surface area contributed by atoms with Gasteiger partial charge in [0.2, 0.25) is 0 Å². The molecule has 1 fully saturated rings. The van der Waals surface area contributed by atoms with Gasteiger partial charge in [-0.15, -0.1) is 0 Å². The molecule has 86 valence electrons. The van der Waals surface area contributed by atoms with Gasteiger partial charge in [0, 0.05) is 23.8 Å². The minimum Gasteiger partial charge on any atom is -0.377 e. The minimum absolute atomic E-state index is 0.751. The zero-order valence-electron chi connectivity index (χ0n) is 9.70. The lowest BCUT2D eigenvalue weighted by Crippen LogP contribution is -2.28. The normalized spacial score (nSPS) is 18.9. The van der Waals surface area contributed by atoms with Gasteiger partial charge in [-0.05, 0) is 31.2 Å². The van der Waals surface area contributed by atoms with Crippen LogP contribution in [0.1, 0.15) is 31.2 Å². The second kappa shape index (κ2) is 5.53. The van der Waals surface area contributed by atoms with Crippen LogP contribution in [0.25, 0.3) is 0 Å². The topological polar surface area (TPSA) is 3.24 Å². The average molecular weight is 280 g/mol. The van der Waals surface area contributed by atoms with Gasteiger partial charge in [0.25, 0.3) is 0 Å². The van der Waals surface area contributed by atoms with Gasteiger partial charge >= 0.3 is 0 Å². The zero-order chi connectivity index (χ0) is 11.4. The molecule has 0 bridgehead atoms. The summed E-state index contributed by atoms with van der Waals surface area (Å²) in [5, 5.41) is 0. The van der Waals surface area contributed by atoms with Crippen LogP contribution in [-0.4, -0.2) is 18.0 Å². The van der Waals surface area contributed by atoms with Gasteiger partial charge < -0.3 is 4.90 Å². The second-order valence-corrected chi connectivity index (χ2v) is 5.69. The highest BCUT2D eigenvalue weighted by Crippen LogP contribution is 2.28. The summed E-state index contributed by atoms with van der Waals surface area (Å²) < 4.78 is 1.21. The summed E-state index contributed by atoms with van der Waals surface area (Å²) in [5.74, 6) is 0.751. The number of hydrogen-bond acceptors (Lipinski definition) is 1. The van der Waals surface area contributed by atoms with Crippen molar-refractivity contribution in [3.05, 3.63) is 46.6 Å². The Bertz CT molecular complexity index is 346. The molecule has 1 aliphatic heterocycles. The van der Waals surface area contributed by atoms with Crippen molar-refractivity contribution in [2.45, 2.75) is 25.7 Å². The largest absolute Gasteiger partial charge is 0.377 e. The minimum atomic E-state index is 0.751. The molecule has 0 aromatic heterocycles. The SMILES string of the molecule is CC(Br)=CN1CCC(c2ccccc2)CC1. The van der Waals surface area contributed by atoms with Crippen LogP contribution in [0.2, 0.25) is 0 Å². The molecular formula is C14H18BrN. The molecule has 1 aliphatic rings. The van der Waals surface area contributed by atoms with Crippen LogP contribution < -0.4 is 0 Å². The van der Waals surface area contributed by atoms with E-state index in [1.807, 2.05) is 0 Å². The third-order valence-corrected chi connectivity index (χ3v) is 3.37. The predicted octanol–water partition coefficient (Wildman–Crippen LogP) is 4.12. The van der Waals surface area contributed by atoms with Gasteiger partial charge in [-0.1, -0.05) is 46.3 Å². The summed E-state index contributed by atoms with van der Waals surface area (Å²) in [6, 6.07) is 10.9. The zero-order valence-corrected chi connectivity index (χ0v) is 11.3. The van der Waals surface area contributed by atoms with E-state index in [2.05, 4.69) is 64.3 Å². The number of piperidine rings is 1. The number of allylic oxidation sites excluding steroid dienone is 1. The van der Waals surface area contributed by atoms with Gasteiger partial charge in [0.05, 0.1) is 0 Å². The molecule has 0 unspecified atom stereocenters. The maximum absolute atomic E-state index is 3.49. The molecule has 0 spiro atoms. The molecule has 0 aliphatic carbocycles. The van der Waals surface area contributed by atoms with Crippen molar-refractivity contribution in [3.8, 4) is 0 Å². The first-order chi connectivity index (χ1) is 7.75. The molecule has 0 radical (unpaired) electrons. The van der Waals surface area contributed by atoms with Gasteiger partial charge in [0.15, 0.2) is 0 Å². The molecule has 0 atom stereocenters. The monoisotopic (exact) mass is 279 g/mol. The van der Waals surface area contributed by atoms with E-state index in [4.69, 9.17) is 0 Å². The summed E-state index contributed by atoms with van der Waals surface area (Å²) in [6.07, 6.45) is 4.74. The van der Waals surface area contributed by atoms with Crippen molar-refractivity contribution in [1.29, 1.82) is 0 Å². The molecule has 2 rings (SSSR count). The Labute approximate surface area is 106 Å². The maximum Gasteiger partial charge on any atom is 0.0178 e. The van der Waals surface area contributed by atoms with Crippen LogP contribution in [0, 0.1) is 0 Å². The number of benzene rings is 1. The van der Waals surface area contributed by atoms with E-state index < -0.39 is 0 Å². The molecule has 1 heterocycles. The molecule has 16 heavy (non-hydrogen) atoms. The summed E-state index contributed by atoms with van der Waals surface area (Å²) in [6.45, 7) is 4.42. The molecule has 0 saturated carbocycles. The van der Waals surface area contributed by atoms with Crippen LogP contribution in [0.3, 0.4) is 0 Å². The number of rotatable bonds is 2. The van der Waals surface area contributed by atoms with Crippen LogP contribution in [-0.2, 0) is 0 Å². The summed E-state index contributed by atoms with van der Waals surface area (Å²) in [7, 11) is 0. The molecule has 2 heteroatoms. The second-order valence-electron chi connectivity index (χ2n) is 4.44. The lowest BCUT2D eigenvalue weighted by atomic mass is 9.90. The summed E-state index contributed by atoms with van der Waals surface area (Å²) in [4.78, 5) is 2.41. The van der Waals surface area contributed by atoms with E-state index in [0.29, 0.717) is 0 Å². The first-order valence-corrected chi connectivity index (χ1v) is 6.68. The predicted molar refractivity (Wildman–Crippen MR) is 72.7 cm³/mol. The third kappa shape index (κ3) is 3.11. The van der Waals surface area contributed by atoms with Crippen molar-refractivity contribution in [2.24, 2.45) is 0 Å².